The van der Waals surface area contributed by atoms with Gasteiger partial charge in [0, 0.05) is 12.8 Å². The van der Waals surface area contributed by atoms with Gasteiger partial charge in [0.05, 0.1) is 19.8 Å². The number of hydrogen-bond acceptors (Lipinski definition) is 9. The number of unbranched alkanes of at least 4 members (excludes halogenated alkanes) is 14. The maximum absolute atomic E-state index is 12.6. The lowest BCUT2D eigenvalue weighted by Gasteiger charge is -2.20. The van der Waals surface area contributed by atoms with E-state index in [1.54, 1.807) is 0 Å². The van der Waals surface area contributed by atoms with Crippen LogP contribution in [-0.2, 0) is 32.7 Å². The van der Waals surface area contributed by atoms with E-state index in [1.807, 2.05) is 0 Å². The molecule has 0 aromatic rings. The summed E-state index contributed by atoms with van der Waals surface area (Å²) in [4.78, 5) is 35.0. The van der Waals surface area contributed by atoms with Crippen LogP contribution in [0.3, 0.4) is 0 Å². The molecule has 0 aromatic heterocycles. The van der Waals surface area contributed by atoms with E-state index in [9.17, 15) is 24.2 Å². The minimum atomic E-state index is -4.61. The van der Waals surface area contributed by atoms with Gasteiger partial charge >= 0.3 is 19.8 Å². The largest absolute Gasteiger partial charge is 0.472 e. The van der Waals surface area contributed by atoms with E-state index in [4.69, 9.17) is 23.6 Å². The highest BCUT2D eigenvalue weighted by Crippen LogP contribution is 2.47. The average Bonchev–Trinajstić information content (AvgIpc) is 4.05. The highest BCUT2D eigenvalue weighted by molar-refractivity contribution is 7.47. The van der Waals surface area contributed by atoms with Gasteiger partial charge in [0.25, 0.3) is 0 Å². The molecule has 2 saturated carbocycles. The summed E-state index contributed by atoms with van der Waals surface area (Å²) in [6.45, 7) is 2.43. The van der Waals surface area contributed by atoms with Gasteiger partial charge in [0.15, 0.2) is 6.10 Å². The van der Waals surface area contributed by atoms with Crippen molar-refractivity contribution >= 4 is 19.8 Å². The molecule has 10 nitrogen and oxygen atoms in total. The zero-order valence-electron chi connectivity index (χ0n) is 32.3. The predicted molar refractivity (Wildman–Crippen MR) is 201 cm³/mol. The van der Waals surface area contributed by atoms with Crippen LogP contribution in [-0.4, -0.2) is 65.7 Å². The Morgan fingerprint density at radius 1 is 0.608 bits per heavy atom. The summed E-state index contributed by atoms with van der Waals surface area (Å²) >= 11 is 0. The number of carbonyl (C=O) groups excluding carboxylic acids is 2. The summed E-state index contributed by atoms with van der Waals surface area (Å²) in [5.41, 5.74) is 0. The van der Waals surface area contributed by atoms with Crippen molar-refractivity contribution in [3.8, 4) is 0 Å². The van der Waals surface area contributed by atoms with Crippen LogP contribution in [0.25, 0.3) is 0 Å². The summed E-state index contributed by atoms with van der Waals surface area (Å²) in [7, 11) is -4.61. The van der Waals surface area contributed by atoms with Gasteiger partial charge in [-0.05, 0) is 49.4 Å². The minimum Gasteiger partial charge on any atom is -0.462 e. The standard InChI is InChI=1S/C40H75O10P/c1-3-5-7-15-21-33-27-35(33)23-17-11-9-13-19-25-39(43)47-31-38(32-49-51(45,46)48-30-37(42)29-41)50-40(44)26-20-14-10-12-18-24-36-28-34(36)22-16-8-6-4-2/h33-38,41-42H,3-32H2,1-2H3,(H,45,46)/t33?,34?,35?,36?,37-,38+/m0/s1. The van der Waals surface area contributed by atoms with Crippen molar-refractivity contribution in [2.24, 2.45) is 23.7 Å². The van der Waals surface area contributed by atoms with E-state index in [1.165, 1.54) is 109 Å². The van der Waals surface area contributed by atoms with Gasteiger partial charge in [0.2, 0.25) is 0 Å². The molecule has 51 heavy (non-hydrogen) atoms. The Bertz CT molecular complexity index is 948. The molecule has 0 saturated heterocycles. The third-order valence-electron chi connectivity index (χ3n) is 10.7. The van der Waals surface area contributed by atoms with Gasteiger partial charge in [-0.3, -0.25) is 18.6 Å². The number of rotatable bonds is 36. The van der Waals surface area contributed by atoms with Crippen molar-refractivity contribution in [2.45, 2.75) is 193 Å². The first-order chi connectivity index (χ1) is 24.7. The molecule has 0 spiro atoms. The van der Waals surface area contributed by atoms with E-state index in [-0.39, 0.29) is 19.4 Å². The average molecular weight is 747 g/mol. The van der Waals surface area contributed by atoms with E-state index in [0.717, 1.165) is 62.2 Å². The van der Waals surface area contributed by atoms with Gasteiger partial charge in [-0.1, -0.05) is 142 Å². The summed E-state index contributed by atoms with van der Waals surface area (Å²) in [5, 5.41) is 18.3. The molecule has 2 fully saturated rings. The third-order valence-corrected chi connectivity index (χ3v) is 11.7. The van der Waals surface area contributed by atoms with Crippen LogP contribution in [0, 0.1) is 23.7 Å². The molecule has 0 radical (unpaired) electrons. The molecule has 0 aliphatic heterocycles. The topological polar surface area (TPSA) is 149 Å². The van der Waals surface area contributed by atoms with Crippen molar-refractivity contribution in [1.82, 2.24) is 0 Å². The molecule has 300 valence electrons. The van der Waals surface area contributed by atoms with Gasteiger partial charge in [-0.25, -0.2) is 4.57 Å². The normalized spacial score (nSPS) is 21.9. The number of phosphoric acid groups is 1. The molecule has 7 atom stereocenters. The van der Waals surface area contributed by atoms with E-state index in [0.29, 0.717) is 6.42 Å². The van der Waals surface area contributed by atoms with Crippen molar-refractivity contribution in [3.05, 3.63) is 0 Å². The first kappa shape index (κ1) is 46.1. The highest BCUT2D eigenvalue weighted by atomic mass is 31.2. The lowest BCUT2D eigenvalue weighted by atomic mass is 10.0. The van der Waals surface area contributed by atoms with Gasteiger partial charge in [-0.15, -0.1) is 0 Å². The van der Waals surface area contributed by atoms with Crippen molar-refractivity contribution < 1.29 is 47.8 Å². The molecule has 11 heteroatoms. The van der Waals surface area contributed by atoms with Gasteiger partial charge in [0.1, 0.15) is 12.7 Å². The fourth-order valence-corrected chi connectivity index (χ4v) is 7.97. The first-order valence-electron chi connectivity index (χ1n) is 20.9. The number of esters is 2. The van der Waals surface area contributed by atoms with E-state index in [2.05, 4.69) is 13.8 Å². The molecule has 3 N–H and O–H groups in total. The Morgan fingerprint density at radius 2 is 1.02 bits per heavy atom. The molecule has 0 amide bonds. The SMILES string of the molecule is CCCCCCC1CC1CCCCCCCC(=O)OC[C@H](COP(=O)(O)OC[C@@H](O)CO)OC(=O)CCCCCCCC1CC1CCCCCC. The third kappa shape index (κ3) is 24.8. The minimum absolute atomic E-state index is 0.198. The fourth-order valence-electron chi connectivity index (χ4n) is 7.18. The number of aliphatic hydroxyl groups is 2. The number of hydrogen-bond donors (Lipinski definition) is 3. The second-order valence-electron chi connectivity index (χ2n) is 15.5. The summed E-state index contributed by atoms with van der Waals surface area (Å²) in [6, 6.07) is 0. The van der Waals surface area contributed by atoms with Crippen LogP contribution in [0.15, 0.2) is 0 Å². The maximum atomic E-state index is 12.6. The van der Waals surface area contributed by atoms with Crippen LogP contribution in [0.2, 0.25) is 0 Å². The van der Waals surface area contributed by atoms with Crippen LogP contribution in [0.4, 0.5) is 0 Å². The molecule has 5 unspecified atom stereocenters. The Hall–Kier alpha value is -1.03. The van der Waals surface area contributed by atoms with Gasteiger partial charge < -0.3 is 24.6 Å². The Morgan fingerprint density at radius 3 is 1.49 bits per heavy atom. The monoisotopic (exact) mass is 747 g/mol. The van der Waals surface area contributed by atoms with Crippen molar-refractivity contribution in [3.63, 3.8) is 0 Å². The molecule has 2 aliphatic carbocycles. The molecule has 0 heterocycles. The van der Waals surface area contributed by atoms with Crippen LogP contribution in [0.1, 0.15) is 181 Å². The Kier molecular flexibility index (Phi) is 25.7. The first-order valence-corrected chi connectivity index (χ1v) is 22.4. The number of phosphoric ester groups is 1. The second-order valence-corrected chi connectivity index (χ2v) is 17.0. The quantitative estimate of drug-likeness (QED) is 0.0321. The van der Waals surface area contributed by atoms with Crippen LogP contribution >= 0.6 is 7.82 Å². The predicted octanol–water partition coefficient (Wildman–Crippen LogP) is 9.60. The van der Waals surface area contributed by atoms with Crippen LogP contribution < -0.4 is 0 Å². The lowest BCUT2D eigenvalue weighted by molar-refractivity contribution is -0.161. The zero-order chi connectivity index (χ0) is 37.2. The lowest BCUT2D eigenvalue weighted by Crippen LogP contribution is -2.29. The summed E-state index contributed by atoms with van der Waals surface area (Å²) < 4.78 is 32.8. The molecular formula is C40H75O10P. The summed E-state index contributed by atoms with van der Waals surface area (Å²) in [5.74, 6) is 2.88. The molecular weight excluding hydrogens is 671 g/mol. The number of ether oxygens (including phenoxy) is 2. The number of aliphatic hydroxyl groups excluding tert-OH is 2. The zero-order valence-corrected chi connectivity index (χ0v) is 33.2. The van der Waals surface area contributed by atoms with E-state index < -0.39 is 51.8 Å². The molecule has 2 aliphatic rings. The van der Waals surface area contributed by atoms with Crippen LogP contribution in [0.5, 0.6) is 0 Å². The van der Waals surface area contributed by atoms with E-state index >= 15 is 0 Å². The van der Waals surface area contributed by atoms with Gasteiger partial charge in [-0.2, -0.15) is 0 Å². The Labute approximate surface area is 310 Å². The molecule has 0 aromatic carbocycles. The van der Waals surface area contributed by atoms with Crippen molar-refractivity contribution in [2.75, 3.05) is 26.4 Å². The maximum Gasteiger partial charge on any atom is 0.472 e. The van der Waals surface area contributed by atoms with Crippen molar-refractivity contribution in [1.29, 1.82) is 0 Å². The molecule has 2 rings (SSSR count). The Balaban J connectivity index is 1.59. The summed E-state index contributed by atoms with van der Waals surface area (Å²) in [6.07, 6.45) is 27.3. The smallest absolute Gasteiger partial charge is 0.462 e. The second kappa shape index (κ2) is 28.4. The highest BCUT2D eigenvalue weighted by Gasteiger charge is 2.36. The fraction of sp³-hybridized carbons (Fsp3) is 0.950. The molecule has 0 bridgehead atoms. The number of carbonyl (C=O) groups is 2.